The second-order valence-corrected chi connectivity index (χ2v) is 12.4. The van der Waals surface area contributed by atoms with Crippen molar-refractivity contribution in [3.05, 3.63) is 151 Å². The quantitative estimate of drug-likeness (QED) is 0.215. The van der Waals surface area contributed by atoms with Gasteiger partial charge in [-0.25, -0.2) is 15.0 Å². The first-order valence-electron chi connectivity index (χ1n) is 16.0. The number of para-hydroxylation sites is 2. The molecule has 0 amide bonds. The summed E-state index contributed by atoms with van der Waals surface area (Å²) >= 11 is 0. The molecule has 5 heteroatoms. The Kier molecular flexibility index (Phi) is 4.83. The Morgan fingerprint density at radius 3 is 2.32 bits per heavy atom. The van der Waals surface area contributed by atoms with Crippen molar-refractivity contribution in [1.82, 2.24) is 19.9 Å². The van der Waals surface area contributed by atoms with E-state index < -0.39 is 0 Å². The highest BCUT2D eigenvalue weighted by atomic mass is 15.1. The van der Waals surface area contributed by atoms with Crippen LogP contribution >= 0.6 is 0 Å². The molecule has 3 aliphatic rings. The van der Waals surface area contributed by atoms with E-state index in [4.69, 9.17) is 15.0 Å². The molecule has 1 aliphatic heterocycles. The molecule has 5 nitrogen and oxygen atoms in total. The average molecular weight is 600 g/mol. The zero-order valence-electron chi connectivity index (χ0n) is 25.1. The van der Waals surface area contributed by atoms with E-state index in [2.05, 4.69) is 125 Å². The van der Waals surface area contributed by atoms with Gasteiger partial charge in [0.1, 0.15) is 5.69 Å². The van der Waals surface area contributed by atoms with Crippen molar-refractivity contribution >= 4 is 71.5 Å². The Morgan fingerprint density at radius 2 is 1.40 bits per heavy atom. The third-order valence-corrected chi connectivity index (χ3v) is 9.89. The molecule has 1 unspecified atom stereocenters. The molecule has 8 aromatic rings. The fourth-order valence-electron chi connectivity index (χ4n) is 7.88. The third-order valence-electron chi connectivity index (χ3n) is 9.89. The van der Waals surface area contributed by atoms with Crippen molar-refractivity contribution < 1.29 is 0 Å². The van der Waals surface area contributed by atoms with Crippen LogP contribution in [-0.2, 0) is 0 Å². The van der Waals surface area contributed by atoms with E-state index >= 15 is 0 Å². The fraction of sp³-hybridized carbons (Fsp3) is 0.0238. The van der Waals surface area contributed by atoms with Gasteiger partial charge in [0, 0.05) is 32.8 Å². The molecule has 218 valence electrons. The van der Waals surface area contributed by atoms with Crippen LogP contribution in [0.25, 0.3) is 82.9 Å². The predicted octanol–water partition coefficient (Wildman–Crippen LogP) is 9.38. The second kappa shape index (κ2) is 9.12. The van der Waals surface area contributed by atoms with E-state index in [1.165, 1.54) is 37.9 Å². The summed E-state index contributed by atoms with van der Waals surface area (Å²) in [5.41, 5.74) is 11.3. The highest BCUT2D eigenvalue weighted by Crippen LogP contribution is 2.49. The molecule has 11 rings (SSSR count). The van der Waals surface area contributed by atoms with Gasteiger partial charge in [-0.05, 0) is 46.5 Å². The Balaban J connectivity index is 1.34. The zero-order chi connectivity index (χ0) is 30.6. The lowest BCUT2D eigenvalue weighted by Crippen LogP contribution is -2.36. The number of nitrogens with zero attached hydrogens (tertiary/aromatic N) is 4. The van der Waals surface area contributed by atoms with Crippen molar-refractivity contribution in [3.63, 3.8) is 0 Å². The number of benzene rings is 6. The highest BCUT2D eigenvalue weighted by Gasteiger charge is 2.33. The first-order chi connectivity index (χ1) is 23.3. The van der Waals surface area contributed by atoms with E-state index in [1.807, 2.05) is 24.3 Å². The molecular weight excluding hydrogens is 574 g/mol. The maximum atomic E-state index is 5.39. The number of hydrogen-bond donors (Lipinski definition) is 1. The van der Waals surface area contributed by atoms with Gasteiger partial charge in [0.25, 0.3) is 0 Å². The van der Waals surface area contributed by atoms with E-state index in [0.717, 1.165) is 61.8 Å². The van der Waals surface area contributed by atoms with Gasteiger partial charge >= 0.3 is 0 Å². The molecule has 0 fully saturated rings. The summed E-state index contributed by atoms with van der Waals surface area (Å²) in [4.78, 5) is 15.9. The average Bonchev–Trinajstić information content (AvgIpc) is 3.64. The first-order valence-corrected chi connectivity index (χ1v) is 16.0. The Bertz CT molecular complexity index is 2820. The molecule has 1 atom stereocenters. The van der Waals surface area contributed by atoms with Crippen molar-refractivity contribution in [2.24, 2.45) is 4.99 Å². The van der Waals surface area contributed by atoms with Crippen LogP contribution in [0.3, 0.4) is 0 Å². The monoisotopic (exact) mass is 599 g/mol. The van der Waals surface area contributed by atoms with Crippen molar-refractivity contribution in [2.45, 2.75) is 6.04 Å². The van der Waals surface area contributed by atoms with Crippen LogP contribution in [0.15, 0.2) is 145 Å². The Labute approximate surface area is 269 Å². The summed E-state index contributed by atoms with van der Waals surface area (Å²) in [5, 5.41) is 11.2. The summed E-state index contributed by atoms with van der Waals surface area (Å²) in [6.45, 7) is 0. The van der Waals surface area contributed by atoms with Gasteiger partial charge in [-0.15, -0.1) is 0 Å². The van der Waals surface area contributed by atoms with Crippen molar-refractivity contribution in [2.75, 3.05) is 0 Å². The van der Waals surface area contributed by atoms with Crippen LogP contribution in [-0.4, -0.2) is 26.3 Å². The topological polar surface area (TPSA) is 55.1 Å². The summed E-state index contributed by atoms with van der Waals surface area (Å²) in [5.74, 6) is 0.814. The highest BCUT2D eigenvalue weighted by molar-refractivity contribution is 6.32. The summed E-state index contributed by atoms with van der Waals surface area (Å²) < 4.78 is 2.34. The smallest absolute Gasteiger partial charge is 0.165 e. The number of aromatic nitrogens is 3. The number of hydrogen-bond acceptors (Lipinski definition) is 4. The molecular formula is C42H25N5. The second-order valence-electron chi connectivity index (χ2n) is 12.4. The Hall–Kier alpha value is -6.33. The molecule has 2 aliphatic carbocycles. The van der Waals surface area contributed by atoms with Crippen LogP contribution in [0.2, 0.25) is 0 Å². The molecule has 1 N–H and O–H groups in total. The van der Waals surface area contributed by atoms with E-state index in [1.54, 1.807) is 0 Å². The van der Waals surface area contributed by atoms with Gasteiger partial charge in [0.2, 0.25) is 0 Å². The molecule has 6 aromatic carbocycles. The lowest BCUT2D eigenvalue weighted by Gasteiger charge is -2.25. The minimum absolute atomic E-state index is 0.0673. The standard InChI is InChI=1S/C42H25N5/c1-2-12-25(13-3-1)39-42(46-33-20-9-8-19-32(33)43-39)47-34-22-21-24-11-4-5-14-26(24)37(34)38-27-15-10-16-28-36(27)29(23-35(38)47)41-40(28)44-30-17-6-7-18-31(30)45-41/h1-23,30,44H. The van der Waals surface area contributed by atoms with Gasteiger partial charge in [-0.2, -0.15) is 0 Å². The number of aliphatic imine (C=N–C) groups is 1. The van der Waals surface area contributed by atoms with Gasteiger partial charge < -0.3 is 5.32 Å². The fourth-order valence-corrected chi connectivity index (χ4v) is 7.88. The first kappa shape index (κ1) is 24.9. The minimum Gasteiger partial charge on any atom is -0.371 e. The van der Waals surface area contributed by atoms with E-state index in [0.29, 0.717) is 0 Å². The number of rotatable bonds is 2. The third kappa shape index (κ3) is 3.35. The summed E-state index contributed by atoms with van der Waals surface area (Å²) in [7, 11) is 0. The SMILES string of the molecule is C1=CC2=NC3=C(NC2C=C1)c1cccc2c1c3cc1c2c2c3ccccc3ccc2n1-c1nc2ccccc2nc1-c1ccccc1. The minimum atomic E-state index is 0.0673. The summed E-state index contributed by atoms with van der Waals surface area (Å²) in [6.07, 6.45) is 8.45. The number of fused-ring (bicyclic) bond motifs is 10. The maximum absolute atomic E-state index is 5.39. The van der Waals surface area contributed by atoms with Crippen LogP contribution in [0, 0.1) is 0 Å². The molecule has 0 saturated carbocycles. The lowest BCUT2D eigenvalue weighted by molar-refractivity contribution is 0.886. The molecule has 2 aromatic heterocycles. The zero-order valence-corrected chi connectivity index (χ0v) is 25.1. The molecule has 0 radical (unpaired) electrons. The molecule has 0 bridgehead atoms. The van der Waals surface area contributed by atoms with Gasteiger partial charge in [-0.3, -0.25) is 4.57 Å². The van der Waals surface area contributed by atoms with Crippen LogP contribution in [0.5, 0.6) is 0 Å². The van der Waals surface area contributed by atoms with Crippen LogP contribution < -0.4 is 5.32 Å². The van der Waals surface area contributed by atoms with Crippen molar-refractivity contribution in [1.29, 1.82) is 0 Å². The molecule has 47 heavy (non-hydrogen) atoms. The van der Waals surface area contributed by atoms with E-state index in [9.17, 15) is 0 Å². The van der Waals surface area contributed by atoms with Gasteiger partial charge in [0.05, 0.1) is 45.2 Å². The molecule has 0 spiro atoms. The van der Waals surface area contributed by atoms with Crippen LogP contribution in [0.4, 0.5) is 0 Å². The maximum Gasteiger partial charge on any atom is 0.165 e. The normalized spacial score (nSPS) is 16.3. The lowest BCUT2D eigenvalue weighted by atomic mass is 9.96. The molecule has 0 saturated heterocycles. The Morgan fingerprint density at radius 1 is 0.617 bits per heavy atom. The predicted molar refractivity (Wildman–Crippen MR) is 194 cm³/mol. The van der Waals surface area contributed by atoms with Crippen LogP contribution in [0.1, 0.15) is 11.1 Å². The van der Waals surface area contributed by atoms with Gasteiger partial charge in [0.15, 0.2) is 5.82 Å². The number of nitrogens with one attached hydrogen (secondary N) is 1. The number of allylic oxidation sites excluding steroid dienone is 2. The summed E-state index contributed by atoms with van der Waals surface area (Å²) in [6, 6.07) is 40.9. The largest absolute Gasteiger partial charge is 0.371 e. The van der Waals surface area contributed by atoms with E-state index in [-0.39, 0.29) is 6.04 Å². The molecule has 3 heterocycles. The van der Waals surface area contributed by atoms with Gasteiger partial charge in [-0.1, -0.05) is 109 Å². The van der Waals surface area contributed by atoms with Crippen molar-refractivity contribution in [3.8, 4) is 17.1 Å².